The summed E-state index contributed by atoms with van der Waals surface area (Å²) in [6.45, 7) is 0. The number of amides is 1. The largest absolute Gasteiger partial charge is 0.495 e. The minimum absolute atomic E-state index is 0.0330. The van der Waals surface area contributed by atoms with Crippen molar-refractivity contribution in [3.8, 4) is 5.75 Å². The molecule has 1 saturated heterocycles. The summed E-state index contributed by atoms with van der Waals surface area (Å²) in [5.41, 5.74) is 0.711. The number of halogens is 1. The fraction of sp³-hybridized carbons (Fsp3) is 0.562. The molecule has 0 bridgehead atoms. The summed E-state index contributed by atoms with van der Waals surface area (Å²) in [5.74, 6) is 1.30. The van der Waals surface area contributed by atoms with Crippen LogP contribution in [-0.4, -0.2) is 25.1 Å². The van der Waals surface area contributed by atoms with Crippen LogP contribution in [0.3, 0.4) is 0 Å². The number of methoxy groups -OCH3 is 1. The summed E-state index contributed by atoms with van der Waals surface area (Å²) in [4.78, 5) is 12.4. The van der Waals surface area contributed by atoms with Gasteiger partial charge in [-0.25, -0.2) is 0 Å². The lowest BCUT2D eigenvalue weighted by molar-refractivity contribution is -0.117. The monoisotopic (exact) mass is 308 g/mol. The fourth-order valence-electron chi connectivity index (χ4n) is 3.49. The Morgan fingerprint density at radius 2 is 2.19 bits per heavy atom. The third kappa shape index (κ3) is 3.16. The van der Waals surface area contributed by atoms with Crippen LogP contribution in [0.4, 0.5) is 5.69 Å². The molecule has 1 aliphatic heterocycles. The first kappa shape index (κ1) is 14.7. The first-order valence-corrected chi connectivity index (χ1v) is 7.95. The van der Waals surface area contributed by atoms with Gasteiger partial charge >= 0.3 is 0 Å². The summed E-state index contributed by atoms with van der Waals surface area (Å²) in [6, 6.07) is 5.73. The minimum atomic E-state index is -0.0843. The molecule has 3 rings (SSSR count). The Labute approximate surface area is 130 Å². The van der Waals surface area contributed by atoms with Crippen molar-refractivity contribution in [2.45, 2.75) is 44.2 Å². The Bertz CT molecular complexity index is 521. The Morgan fingerprint density at radius 3 is 2.90 bits per heavy atom. The average molecular weight is 309 g/mol. The number of ether oxygens (including phenoxy) is 1. The first-order chi connectivity index (χ1) is 10.2. The Kier molecular flexibility index (Phi) is 4.36. The molecular formula is C16H21ClN2O2. The van der Waals surface area contributed by atoms with Gasteiger partial charge in [0.2, 0.25) is 5.91 Å². The zero-order valence-corrected chi connectivity index (χ0v) is 13.0. The summed E-state index contributed by atoms with van der Waals surface area (Å²) < 4.78 is 5.11. The highest BCUT2D eigenvalue weighted by Gasteiger charge is 2.38. The van der Waals surface area contributed by atoms with E-state index in [1.807, 2.05) is 6.07 Å². The van der Waals surface area contributed by atoms with Crippen LogP contribution in [0, 0.1) is 5.92 Å². The smallest absolute Gasteiger partial charge is 0.241 e. The predicted molar refractivity (Wildman–Crippen MR) is 83.9 cm³/mol. The van der Waals surface area contributed by atoms with Gasteiger partial charge in [-0.05, 0) is 43.4 Å². The van der Waals surface area contributed by atoms with E-state index >= 15 is 0 Å². The van der Waals surface area contributed by atoms with Crippen molar-refractivity contribution < 1.29 is 9.53 Å². The second kappa shape index (κ2) is 6.24. The maximum Gasteiger partial charge on any atom is 0.241 e. The molecule has 3 unspecified atom stereocenters. The quantitative estimate of drug-likeness (QED) is 0.901. The van der Waals surface area contributed by atoms with Crippen molar-refractivity contribution >= 4 is 23.2 Å². The lowest BCUT2D eigenvalue weighted by Crippen LogP contribution is -2.39. The molecule has 2 fully saturated rings. The zero-order chi connectivity index (χ0) is 14.8. The number of hydrogen-bond donors (Lipinski definition) is 2. The lowest BCUT2D eigenvalue weighted by Gasteiger charge is -2.24. The highest BCUT2D eigenvalue weighted by atomic mass is 35.5. The standard InChI is InChI=1S/C16H21ClN2O2/c1-21-15-7-6-11(9-12(15)17)18-16(20)14-8-10-4-2-3-5-13(10)19-14/h6-7,9-10,13-14,19H,2-5,8H2,1H3,(H,18,20). The topological polar surface area (TPSA) is 50.4 Å². The predicted octanol–water partition coefficient (Wildman–Crippen LogP) is 3.21. The number of anilines is 1. The third-order valence-corrected chi connectivity index (χ3v) is 4.89. The molecular weight excluding hydrogens is 288 g/mol. The van der Waals surface area contributed by atoms with Gasteiger partial charge in [0.05, 0.1) is 18.2 Å². The number of hydrogen-bond acceptors (Lipinski definition) is 3. The van der Waals surface area contributed by atoms with E-state index in [-0.39, 0.29) is 11.9 Å². The molecule has 1 aliphatic carbocycles. The molecule has 2 aliphatic rings. The molecule has 1 aromatic carbocycles. The summed E-state index contributed by atoms with van der Waals surface area (Å²) >= 11 is 6.08. The number of rotatable bonds is 3. The maximum atomic E-state index is 12.4. The second-order valence-corrected chi connectivity index (χ2v) is 6.35. The summed E-state index contributed by atoms with van der Waals surface area (Å²) in [5, 5.41) is 6.93. The molecule has 0 radical (unpaired) electrons. The summed E-state index contributed by atoms with van der Waals surface area (Å²) in [7, 11) is 1.57. The molecule has 3 atom stereocenters. The van der Waals surface area contributed by atoms with Crippen LogP contribution in [0.25, 0.3) is 0 Å². The van der Waals surface area contributed by atoms with Gasteiger partial charge < -0.3 is 15.4 Å². The molecule has 1 saturated carbocycles. The van der Waals surface area contributed by atoms with Gasteiger partial charge in [0.25, 0.3) is 0 Å². The third-order valence-electron chi connectivity index (χ3n) is 4.60. The van der Waals surface area contributed by atoms with Crippen LogP contribution in [0.1, 0.15) is 32.1 Å². The van der Waals surface area contributed by atoms with Crippen molar-refractivity contribution in [2.75, 3.05) is 12.4 Å². The lowest BCUT2D eigenvalue weighted by atomic mass is 9.85. The number of carbonyl (C=O) groups excluding carboxylic acids is 1. The van der Waals surface area contributed by atoms with Gasteiger partial charge in [-0.3, -0.25) is 4.79 Å². The van der Waals surface area contributed by atoms with Gasteiger partial charge in [-0.1, -0.05) is 24.4 Å². The van der Waals surface area contributed by atoms with E-state index in [1.165, 1.54) is 25.7 Å². The van der Waals surface area contributed by atoms with Gasteiger partial charge in [0.15, 0.2) is 0 Å². The molecule has 114 valence electrons. The Hall–Kier alpha value is -1.26. The van der Waals surface area contributed by atoms with E-state index in [1.54, 1.807) is 19.2 Å². The van der Waals surface area contributed by atoms with E-state index < -0.39 is 0 Å². The molecule has 1 aromatic rings. The summed E-state index contributed by atoms with van der Waals surface area (Å²) in [6.07, 6.45) is 5.96. The first-order valence-electron chi connectivity index (χ1n) is 7.58. The van der Waals surface area contributed by atoms with Crippen molar-refractivity contribution in [2.24, 2.45) is 5.92 Å². The van der Waals surface area contributed by atoms with Gasteiger partial charge in [0.1, 0.15) is 5.75 Å². The van der Waals surface area contributed by atoms with Crippen LogP contribution in [0.2, 0.25) is 5.02 Å². The molecule has 2 N–H and O–H groups in total. The highest BCUT2D eigenvalue weighted by Crippen LogP contribution is 2.34. The number of benzene rings is 1. The number of nitrogens with one attached hydrogen (secondary N) is 2. The number of carbonyl (C=O) groups is 1. The van der Waals surface area contributed by atoms with Crippen molar-refractivity contribution in [1.82, 2.24) is 5.32 Å². The van der Waals surface area contributed by atoms with E-state index in [0.29, 0.717) is 28.4 Å². The van der Waals surface area contributed by atoms with Crippen molar-refractivity contribution in [1.29, 1.82) is 0 Å². The van der Waals surface area contributed by atoms with E-state index in [4.69, 9.17) is 16.3 Å². The molecule has 0 spiro atoms. The Morgan fingerprint density at radius 1 is 1.38 bits per heavy atom. The Balaban J connectivity index is 1.62. The molecule has 0 aromatic heterocycles. The minimum Gasteiger partial charge on any atom is -0.495 e. The van der Waals surface area contributed by atoms with Gasteiger partial charge in [-0.15, -0.1) is 0 Å². The van der Waals surface area contributed by atoms with Crippen LogP contribution in [0.5, 0.6) is 5.75 Å². The molecule has 4 nitrogen and oxygen atoms in total. The van der Waals surface area contributed by atoms with Gasteiger partial charge in [-0.2, -0.15) is 0 Å². The molecule has 5 heteroatoms. The highest BCUT2D eigenvalue weighted by molar-refractivity contribution is 6.32. The molecule has 1 heterocycles. The normalized spacial score (nSPS) is 28.0. The molecule has 1 amide bonds. The van der Waals surface area contributed by atoms with Crippen LogP contribution in [0.15, 0.2) is 18.2 Å². The van der Waals surface area contributed by atoms with Gasteiger partial charge in [0, 0.05) is 11.7 Å². The SMILES string of the molecule is COc1ccc(NC(=O)C2CC3CCCCC3N2)cc1Cl. The van der Waals surface area contributed by atoms with Crippen LogP contribution >= 0.6 is 11.6 Å². The second-order valence-electron chi connectivity index (χ2n) is 5.94. The zero-order valence-electron chi connectivity index (χ0n) is 12.2. The average Bonchev–Trinajstić information content (AvgIpc) is 2.91. The van der Waals surface area contributed by atoms with Crippen molar-refractivity contribution in [3.05, 3.63) is 23.2 Å². The van der Waals surface area contributed by atoms with E-state index in [9.17, 15) is 4.79 Å². The van der Waals surface area contributed by atoms with Crippen LogP contribution < -0.4 is 15.4 Å². The van der Waals surface area contributed by atoms with E-state index in [2.05, 4.69) is 10.6 Å². The van der Waals surface area contributed by atoms with Crippen LogP contribution in [-0.2, 0) is 4.79 Å². The maximum absolute atomic E-state index is 12.4. The molecule has 21 heavy (non-hydrogen) atoms. The number of fused-ring (bicyclic) bond motifs is 1. The van der Waals surface area contributed by atoms with Crippen molar-refractivity contribution in [3.63, 3.8) is 0 Å². The van der Waals surface area contributed by atoms with E-state index in [0.717, 1.165) is 6.42 Å². The fourth-order valence-corrected chi connectivity index (χ4v) is 3.75.